The molecule has 0 saturated carbocycles. The van der Waals surface area contributed by atoms with Gasteiger partial charge in [-0.2, -0.15) is 0 Å². The molecule has 0 radical (unpaired) electrons. The molecule has 0 bridgehead atoms. The Morgan fingerprint density at radius 2 is 2.00 bits per heavy atom. The van der Waals surface area contributed by atoms with Crippen LogP contribution in [0.5, 0.6) is 0 Å². The molecule has 0 spiro atoms. The molecule has 2 atom stereocenters. The van der Waals surface area contributed by atoms with Crippen LogP contribution >= 0.6 is 0 Å². The van der Waals surface area contributed by atoms with Gasteiger partial charge in [0.1, 0.15) is 0 Å². The molecule has 0 aromatic carbocycles. The summed E-state index contributed by atoms with van der Waals surface area (Å²) in [6.07, 6.45) is 2.41. The van der Waals surface area contributed by atoms with Crippen LogP contribution < -0.4 is 10.6 Å². The largest absolute Gasteiger partial charge is 0.379 e. The van der Waals surface area contributed by atoms with Gasteiger partial charge in [-0.1, -0.05) is 27.7 Å². The maximum absolute atomic E-state index is 5.57. The Hall–Kier alpha value is -0.120. The van der Waals surface area contributed by atoms with Gasteiger partial charge in [-0.05, 0) is 24.8 Å². The molecule has 1 rings (SSSR count). The zero-order valence-electron chi connectivity index (χ0n) is 12.0. The van der Waals surface area contributed by atoms with Gasteiger partial charge in [0, 0.05) is 25.0 Å². The SMILES string of the molecule is CCCNC1COCC1CNCC(C)(C)CC. The first kappa shape index (κ1) is 14.9. The Morgan fingerprint density at radius 1 is 1.24 bits per heavy atom. The van der Waals surface area contributed by atoms with E-state index >= 15 is 0 Å². The second-order valence-electron chi connectivity index (χ2n) is 6.01. The lowest BCUT2D eigenvalue weighted by atomic mass is 9.90. The summed E-state index contributed by atoms with van der Waals surface area (Å²) in [5.41, 5.74) is 0.409. The number of hydrogen-bond acceptors (Lipinski definition) is 3. The molecule has 17 heavy (non-hydrogen) atoms. The van der Waals surface area contributed by atoms with Gasteiger partial charge in [-0.15, -0.1) is 0 Å². The van der Waals surface area contributed by atoms with Crippen LogP contribution in [0.15, 0.2) is 0 Å². The van der Waals surface area contributed by atoms with Crippen LogP contribution in [0.2, 0.25) is 0 Å². The molecule has 1 saturated heterocycles. The van der Waals surface area contributed by atoms with Crippen molar-refractivity contribution in [2.45, 2.75) is 46.6 Å². The minimum Gasteiger partial charge on any atom is -0.379 e. The fourth-order valence-electron chi connectivity index (χ4n) is 2.08. The third-order valence-corrected chi connectivity index (χ3v) is 3.82. The van der Waals surface area contributed by atoms with E-state index in [4.69, 9.17) is 4.74 Å². The zero-order valence-corrected chi connectivity index (χ0v) is 12.0. The summed E-state index contributed by atoms with van der Waals surface area (Å²) in [5.74, 6) is 0.634. The molecule has 102 valence electrons. The molecular weight excluding hydrogens is 212 g/mol. The highest BCUT2D eigenvalue weighted by Crippen LogP contribution is 2.18. The summed E-state index contributed by atoms with van der Waals surface area (Å²) in [6.45, 7) is 14.2. The topological polar surface area (TPSA) is 33.3 Å². The molecule has 1 aliphatic heterocycles. The molecule has 2 unspecified atom stereocenters. The van der Waals surface area contributed by atoms with Crippen LogP contribution in [-0.2, 0) is 4.74 Å². The monoisotopic (exact) mass is 242 g/mol. The molecule has 0 aliphatic carbocycles. The van der Waals surface area contributed by atoms with Crippen molar-refractivity contribution in [2.75, 3.05) is 32.8 Å². The van der Waals surface area contributed by atoms with Crippen molar-refractivity contribution in [2.24, 2.45) is 11.3 Å². The van der Waals surface area contributed by atoms with Crippen LogP contribution in [0.25, 0.3) is 0 Å². The van der Waals surface area contributed by atoms with Gasteiger partial charge in [-0.3, -0.25) is 0 Å². The van der Waals surface area contributed by atoms with Gasteiger partial charge in [0.2, 0.25) is 0 Å². The van der Waals surface area contributed by atoms with Crippen LogP contribution in [0, 0.1) is 11.3 Å². The van der Waals surface area contributed by atoms with Crippen LogP contribution in [0.1, 0.15) is 40.5 Å². The van der Waals surface area contributed by atoms with E-state index in [0.29, 0.717) is 17.4 Å². The van der Waals surface area contributed by atoms with E-state index in [0.717, 1.165) is 32.8 Å². The Balaban J connectivity index is 2.21. The molecule has 3 nitrogen and oxygen atoms in total. The predicted octanol–water partition coefficient (Wildman–Crippen LogP) is 2.03. The first-order chi connectivity index (χ1) is 8.09. The quantitative estimate of drug-likeness (QED) is 0.683. The Morgan fingerprint density at radius 3 is 2.65 bits per heavy atom. The van der Waals surface area contributed by atoms with Gasteiger partial charge >= 0.3 is 0 Å². The number of ether oxygens (including phenoxy) is 1. The Bertz CT molecular complexity index is 206. The summed E-state index contributed by atoms with van der Waals surface area (Å²) in [4.78, 5) is 0. The zero-order chi connectivity index (χ0) is 12.7. The highest BCUT2D eigenvalue weighted by Gasteiger charge is 2.27. The van der Waals surface area contributed by atoms with E-state index in [1.165, 1.54) is 12.8 Å². The normalized spacial score (nSPS) is 25.4. The van der Waals surface area contributed by atoms with Crippen molar-refractivity contribution in [1.82, 2.24) is 10.6 Å². The second kappa shape index (κ2) is 7.34. The summed E-state index contributed by atoms with van der Waals surface area (Å²) >= 11 is 0. The summed E-state index contributed by atoms with van der Waals surface area (Å²) in [7, 11) is 0. The Labute approximate surface area is 107 Å². The third kappa shape index (κ3) is 5.36. The molecular formula is C14H30N2O. The van der Waals surface area contributed by atoms with E-state index in [9.17, 15) is 0 Å². The van der Waals surface area contributed by atoms with Gasteiger partial charge in [-0.25, -0.2) is 0 Å². The summed E-state index contributed by atoms with van der Waals surface area (Å²) < 4.78 is 5.57. The van der Waals surface area contributed by atoms with Crippen molar-refractivity contribution in [3.8, 4) is 0 Å². The van der Waals surface area contributed by atoms with Crippen LogP contribution in [0.4, 0.5) is 0 Å². The first-order valence-electron chi connectivity index (χ1n) is 7.11. The number of nitrogens with one attached hydrogen (secondary N) is 2. The molecule has 1 heterocycles. The smallest absolute Gasteiger partial charge is 0.0623 e. The van der Waals surface area contributed by atoms with Crippen molar-refractivity contribution < 1.29 is 4.74 Å². The molecule has 1 aliphatic rings. The fraction of sp³-hybridized carbons (Fsp3) is 1.00. The maximum Gasteiger partial charge on any atom is 0.0623 e. The third-order valence-electron chi connectivity index (χ3n) is 3.82. The second-order valence-corrected chi connectivity index (χ2v) is 6.01. The van der Waals surface area contributed by atoms with Crippen molar-refractivity contribution in [3.05, 3.63) is 0 Å². The molecule has 2 N–H and O–H groups in total. The van der Waals surface area contributed by atoms with Crippen molar-refractivity contribution in [1.29, 1.82) is 0 Å². The van der Waals surface area contributed by atoms with Crippen molar-refractivity contribution in [3.63, 3.8) is 0 Å². The van der Waals surface area contributed by atoms with Gasteiger partial charge in [0.25, 0.3) is 0 Å². The van der Waals surface area contributed by atoms with E-state index in [-0.39, 0.29) is 0 Å². The van der Waals surface area contributed by atoms with Crippen LogP contribution in [0.3, 0.4) is 0 Å². The molecule has 0 aromatic rings. The molecule has 3 heteroatoms. The lowest BCUT2D eigenvalue weighted by Crippen LogP contribution is -2.42. The lowest BCUT2D eigenvalue weighted by molar-refractivity contribution is 0.181. The minimum atomic E-state index is 0.409. The van der Waals surface area contributed by atoms with Gasteiger partial charge in [0.15, 0.2) is 0 Å². The average Bonchev–Trinajstić information content (AvgIpc) is 2.74. The predicted molar refractivity (Wildman–Crippen MR) is 73.3 cm³/mol. The van der Waals surface area contributed by atoms with Gasteiger partial charge in [0.05, 0.1) is 13.2 Å². The highest BCUT2D eigenvalue weighted by atomic mass is 16.5. The van der Waals surface area contributed by atoms with Crippen LogP contribution in [-0.4, -0.2) is 38.9 Å². The summed E-state index contributed by atoms with van der Waals surface area (Å²) in [5, 5.41) is 7.18. The molecule has 1 fully saturated rings. The first-order valence-corrected chi connectivity index (χ1v) is 7.11. The lowest BCUT2D eigenvalue weighted by Gasteiger charge is -2.25. The standard InChI is InChI=1S/C14H30N2O/c1-5-7-16-13-10-17-9-12(13)8-15-11-14(3,4)6-2/h12-13,15-16H,5-11H2,1-4H3. The molecule has 0 aromatic heterocycles. The maximum atomic E-state index is 5.57. The minimum absolute atomic E-state index is 0.409. The van der Waals surface area contributed by atoms with Gasteiger partial charge < -0.3 is 15.4 Å². The van der Waals surface area contributed by atoms with E-state index in [1.54, 1.807) is 0 Å². The average molecular weight is 242 g/mol. The highest BCUT2D eigenvalue weighted by molar-refractivity contribution is 4.83. The number of hydrogen-bond donors (Lipinski definition) is 2. The van der Waals surface area contributed by atoms with Crippen molar-refractivity contribution >= 4 is 0 Å². The molecule has 0 amide bonds. The number of rotatable bonds is 8. The van der Waals surface area contributed by atoms with E-state index < -0.39 is 0 Å². The summed E-state index contributed by atoms with van der Waals surface area (Å²) in [6, 6.07) is 0.548. The van der Waals surface area contributed by atoms with E-state index in [1.807, 2.05) is 0 Å². The Kier molecular flexibility index (Phi) is 6.45. The fourth-order valence-corrected chi connectivity index (χ4v) is 2.08. The van der Waals surface area contributed by atoms with E-state index in [2.05, 4.69) is 38.3 Å².